The molecule has 2 amide bonds. The quantitative estimate of drug-likeness (QED) is 0.548. The highest BCUT2D eigenvalue weighted by Crippen LogP contribution is 2.60. The molecule has 3 aliphatic rings. The Morgan fingerprint density at radius 2 is 1.71 bits per heavy atom. The molecule has 7 nitrogen and oxygen atoms in total. The standard InChI is InChI=1S/C24H37N5O2/c1-17-16-18(2)26-22(25-17)28-14-12-27(13-15-28)10-6-7-11-29-20(30)19-8-9-24(5,21(29)31)23(19,3)4/h16,19H,6-15H2,1-5H3/p+1/t19-,24+/m0/s1. The van der Waals surface area contributed by atoms with E-state index in [-0.39, 0.29) is 28.6 Å². The van der Waals surface area contributed by atoms with Gasteiger partial charge in [0.15, 0.2) is 0 Å². The molecule has 0 aromatic carbocycles. The van der Waals surface area contributed by atoms with Crippen LogP contribution in [0.5, 0.6) is 0 Å². The van der Waals surface area contributed by atoms with Crippen molar-refractivity contribution in [3.63, 3.8) is 0 Å². The first-order valence-electron chi connectivity index (χ1n) is 11.9. The van der Waals surface area contributed by atoms with Gasteiger partial charge in [-0.1, -0.05) is 20.8 Å². The first kappa shape index (κ1) is 22.2. The predicted molar refractivity (Wildman–Crippen MR) is 120 cm³/mol. The number of hydrogen-bond acceptors (Lipinski definition) is 5. The molecular formula is C24H38N5O2+. The van der Waals surface area contributed by atoms with Crippen LogP contribution in [0.3, 0.4) is 0 Å². The summed E-state index contributed by atoms with van der Waals surface area (Å²) in [5.41, 5.74) is 1.43. The molecule has 1 N–H and O–H groups in total. The number of rotatable bonds is 6. The maximum absolute atomic E-state index is 13.1. The molecule has 1 aromatic rings. The minimum absolute atomic E-state index is 0.00128. The highest BCUT2D eigenvalue weighted by atomic mass is 16.2. The number of carbonyl (C=O) groups excluding carboxylic acids is 2. The number of quaternary nitrogens is 1. The fourth-order valence-electron chi connectivity index (χ4n) is 5.88. The monoisotopic (exact) mass is 428 g/mol. The molecule has 3 heterocycles. The second kappa shape index (κ2) is 8.15. The Bertz CT molecular complexity index is 841. The van der Waals surface area contributed by atoms with E-state index >= 15 is 0 Å². The van der Waals surface area contributed by atoms with Crippen molar-refractivity contribution in [2.75, 3.05) is 44.2 Å². The summed E-state index contributed by atoms with van der Waals surface area (Å²) in [4.78, 5) is 40.7. The molecule has 4 rings (SSSR count). The minimum Gasteiger partial charge on any atom is -0.332 e. The van der Waals surface area contributed by atoms with Crippen LogP contribution in [0.2, 0.25) is 0 Å². The topological polar surface area (TPSA) is 70.8 Å². The van der Waals surface area contributed by atoms with Gasteiger partial charge in [0.25, 0.3) is 0 Å². The molecule has 3 fully saturated rings. The maximum Gasteiger partial charge on any atom is 0.235 e. The van der Waals surface area contributed by atoms with Crippen molar-refractivity contribution in [1.29, 1.82) is 0 Å². The van der Waals surface area contributed by atoms with Crippen LogP contribution in [0, 0.1) is 30.6 Å². The number of amides is 2. The summed E-state index contributed by atoms with van der Waals surface area (Å²) >= 11 is 0. The van der Waals surface area contributed by atoms with Crippen molar-refractivity contribution in [1.82, 2.24) is 14.9 Å². The van der Waals surface area contributed by atoms with Gasteiger partial charge in [-0.25, -0.2) is 9.97 Å². The zero-order valence-corrected chi connectivity index (χ0v) is 19.8. The number of aryl methyl sites for hydroxylation is 2. The van der Waals surface area contributed by atoms with E-state index in [2.05, 4.69) is 35.6 Å². The highest BCUT2D eigenvalue weighted by molar-refractivity contribution is 6.03. The number of nitrogens with one attached hydrogen (secondary N) is 1. The molecule has 7 heteroatoms. The zero-order valence-electron chi connectivity index (χ0n) is 19.8. The van der Waals surface area contributed by atoms with E-state index in [0.717, 1.165) is 75.7 Å². The lowest BCUT2D eigenvalue weighted by atomic mass is 9.62. The van der Waals surface area contributed by atoms with Crippen molar-refractivity contribution < 1.29 is 14.5 Å². The number of aromatic nitrogens is 2. The number of carbonyl (C=O) groups is 2. The second-order valence-electron chi connectivity index (χ2n) is 10.6. The summed E-state index contributed by atoms with van der Waals surface area (Å²) in [5, 5.41) is 0. The molecule has 31 heavy (non-hydrogen) atoms. The summed E-state index contributed by atoms with van der Waals surface area (Å²) in [6, 6.07) is 2.01. The smallest absolute Gasteiger partial charge is 0.235 e. The minimum atomic E-state index is -0.386. The molecule has 1 aromatic heterocycles. The van der Waals surface area contributed by atoms with Crippen LogP contribution in [0.25, 0.3) is 0 Å². The fourth-order valence-corrected chi connectivity index (χ4v) is 5.88. The lowest BCUT2D eigenvalue weighted by Gasteiger charge is -2.47. The number of fused-ring (bicyclic) bond motifs is 2. The number of unbranched alkanes of at least 4 members (excludes halogenated alkanes) is 1. The van der Waals surface area contributed by atoms with E-state index < -0.39 is 0 Å². The van der Waals surface area contributed by atoms with E-state index in [9.17, 15) is 9.59 Å². The molecule has 170 valence electrons. The van der Waals surface area contributed by atoms with Crippen molar-refractivity contribution in [3.05, 3.63) is 17.5 Å². The predicted octanol–water partition coefficient (Wildman–Crippen LogP) is 1.39. The van der Waals surface area contributed by atoms with Gasteiger partial charge in [0.1, 0.15) is 0 Å². The fraction of sp³-hybridized carbons (Fsp3) is 0.750. The molecule has 1 saturated carbocycles. The summed E-state index contributed by atoms with van der Waals surface area (Å²) in [7, 11) is 0. The lowest BCUT2D eigenvalue weighted by Crippen LogP contribution is -3.14. The van der Waals surface area contributed by atoms with Gasteiger partial charge >= 0.3 is 0 Å². The van der Waals surface area contributed by atoms with Gasteiger partial charge < -0.3 is 9.80 Å². The molecule has 2 bridgehead atoms. The van der Waals surface area contributed by atoms with E-state index in [0.29, 0.717) is 6.54 Å². The first-order chi connectivity index (χ1) is 14.6. The number of piperazine rings is 1. The van der Waals surface area contributed by atoms with Gasteiger partial charge in [-0.3, -0.25) is 14.5 Å². The Morgan fingerprint density at radius 3 is 2.35 bits per heavy atom. The third kappa shape index (κ3) is 3.86. The average Bonchev–Trinajstić information content (AvgIpc) is 2.90. The van der Waals surface area contributed by atoms with Gasteiger partial charge in [0.2, 0.25) is 17.8 Å². The molecule has 2 atom stereocenters. The van der Waals surface area contributed by atoms with Crippen LogP contribution in [-0.2, 0) is 9.59 Å². The van der Waals surface area contributed by atoms with Crippen molar-refractivity contribution in [2.24, 2.45) is 16.7 Å². The van der Waals surface area contributed by atoms with E-state index in [1.165, 1.54) is 0 Å². The third-order valence-corrected chi connectivity index (χ3v) is 8.39. The van der Waals surface area contributed by atoms with Crippen molar-refractivity contribution >= 4 is 17.8 Å². The Kier molecular flexibility index (Phi) is 5.83. The van der Waals surface area contributed by atoms with Crippen LogP contribution in [0.4, 0.5) is 5.95 Å². The van der Waals surface area contributed by atoms with E-state index in [1.807, 2.05) is 19.9 Å². The van der Waals surface area contributed by atoms with Gasteiger partial charge in [-0.15, -0.1) is 0 Å². The molecule has 0 radical (unpaired) electrons. The Labute approximate surface area is 186 Å². The van der Waals surface area contributed by atoms with Crippen LogP contribution in [-0.4, -0.2) is 66.0 Å². The molecule has 2 aliphatic heterocycles. The normalized spacial score (nSPS) is 28.5. The molecule has 0 unspecified atom stereocenters. The largest absolute Gasteiger partial charge is 0.332 e. The average molecular weight is 429 g/mol. The van der Waals surface area contributed by atoms with Gasteiger partial charge in [0, 0.05) is 23.9 Å². The Balaban J connectivity index is 1.23. The summed E-state index contributed by atoms with van der Waals surface area (Å²) < 4.78 is 0. The van der Waals surface area contributed by atoms with Crippen molar-refractivity contribution in [3.8, 4) is 0 Å². The number of anilines is 1. The molecule has 2 saturated heterocycles. The number of hydrogen-bond donors (Lipinski definition) is 1. The van der Waals surface area contributed by atoms with Crippen LogP contribution in [0.1, 0.15) is 57.8 Å². The van der Waals surface area contributed by atoms with Gasteiger partial charge in [-0.05, 0) is 51.0 Å². The zero-order chi connectivity index (χ0) is 22.4. The third-order valence-electron chi connectivity index (χ3n) is 8.39. The van der Waals surface area contributed by atoms with Gasteiger partial charge in [0.05, 0.1) is 38.1 Å². The SMILES string of the molecule is Cc1cc(C)nc(N2CC[NH+](CCCCN3C(=O)[C@@H]4CC[C@](C)(C3=O)C4(C)C)CC2)n1. The second-order valence-corrected chi connectivity index (χ2v) is 10.6. The lowest BCUT2D eigenvalue weighted by molar-refractivity contribution is -0.900. The van der Waals surface area contributed by atoms with Crippen LogP contribution < -0.4 is 9.80 Å². The summed E-state index contributed by atoms with van der Waals surface area (Å²) in [6.45, 7) is 16.1. The number of imide groups is 1. The van der Waals surface area contributed by atoms with Crippen molar-refractivity contribution in [2.45, 2.75) is 60.3 Å². The number of likely N-dealkylation sites (tertiary alicyclic amines) is 1. The number of piperidine rings is 1. The van der Waals surface area contributed by atoms with Crippen LogP contribution >= 0.6 is 0 Å². The molecular weight excluding hydrogens is 390 g/mol. The van der Waals surface area contributed by atoms with Gasteiger partial charge in [-0.2, -0.15) is 0 Å². The summed E-state index contributed by atoms with van der Waals surface area (Å²) in [6.07, 6.45) is 3.62. The first-order valence-corrected chi connectivity index (χ1v) is 11.9. The molecule has 1 aliphatic carbocycles. The van der Waals surface area contributed by atoms with E-state index in [4.69, 9.17) is 0 Å². The number of nitrogens with zero attached hydrogens (tertiary/aromatic N) is 4. The van der Waals surface area contributed by atoms with E-state index in [1.54, 1.807) is 9.80 Å². The molecule has 0 spiro atoms. The summed E-state index contributed by atoms with van der Waals surface area (Å²) in [5.74, 6) is 0.983. The maximum atomic E-state index is 13.1. The highest BCUT2D eigenvalue weighted by Gasteiger charge is 2.64. The van der Waals surface area contributed by atoms with Crippen LogP contribution in [0.15, 0.2) is 6.07 Å². The Morgan fingerprint density at radius 1 is 1.06 bits per heavy atom. The Hall–Kier alpha value is -2.02.